The zero-order chi connectivity index (χ0) is 14.2. The molecule has 1 aromatic carbocycles. The van der Waals surface area contributed by atoms with Crippen LogP contribution in [0.25, 0.3) is 11.4 Å². The zero-order valence-corrected chi connectivity index (χ0v) is 9.12. The van der Waals surface area contributed by atoms with Crippen LogP contribution in [0.1, 0.15) is 5.56 Å². The topological polar surface area (TPSA) is 66.0 Å². The van der Waals surface area contributed by atoms with Crippen LogP contribution in [0.5, 0.6) is 5.88 Å². The van der Waals surface area contributed by atoms with Gasteiger partial charge in [-0.1, -0.05) is 0 Å². The lowest BCUT2D eigenvalue weighted by Crippen LogP contribution is -2.12. The van der Waals surface area contributed by atoms with Crippen molar-refractivity contribution in [3.63, 3.8) is 0 Å². The van der Waals surface area contributed by atoms with Crippen molar-refractivity contribution < 1.29 is 22.7 Å². The van der Waals surface area contributed by atoms with Gasteiger partial charge in [0, 0.05) is 5.56 Å². The fourth-order valence-electron chi connectivity index (χ4n) is 1.53. The van der Waals surface area contributed by atoms with E-state index in [9.17, 15) is 22.4 Å². The number of H-pyrrole nitrogens is 1. The molecule has 1 aromatic heterocycles. The predicted molar refractivity (Wildman–Crippen MR) is 56.9 cm³/mol. The highest BCUT2D eigenvalue weighted by Gasteiger charge is 2.34. The molecule has 100 valence electrons. The van der Waals surface area contributed by atoms with E-state index in [1.165, 1.54) is 0 Å². The highest BCUT2D eigenvalue weighted by atomic mass is 19.4. The van der Waals surface area contributed by atoms with Crippen LogP contribution in [0, 0.1) is 5.82 Å². The van der Waals surface area contributed by atoms with E-state index < -0.39 is 40.4 Å². The minimum absolute atomic E-state index is 0.536. The predicted octanol–water partition coefficient (Wildman–Crippen LogP) is 2.30. The number of nitrogens with one attached hydrogen (secondary N) is 1. The summed E-state index contributed by atoms with van der Waals surface area (Å²) in [6.45, 7) is 0. The van der Waals surface area contributed by atoms with Crippen LogP contribution in [0.3, 0.4) is 0 Å². The molecule has 2 N–H and O–H groups in total. The van der Waals surface area contributed by atoms with Gasteiger partial charge in [0.05, 0.1) is 11.6 Å². The van der Waals surface area contributed by atoms with E-state index in [-0.39, 0.29) is 0 Å². The summed E-state index contributed by atoms with van der Waals surface area (Å²) < 4.78 is 51.4. The van der Waals surface area contributed by atoms with E-state index in [1.807, 2.05) is 4.98 Å². The molecule has 0 bridgehead atoms. The molecule has 0 amide bonds. The summed E-state index contributed by atoms with van der Waals surface area (Å²) in [4.78, 5) is 16.5. The molecule has 0 saturated heterocycles. The molecule has 2 rings (SSSR count). The monoisotopic (exact) mass is 274 g/mol. The molecule has 0 spiro atoms. The highest BCUT2D eigenvalue weighted by Crippen LogP contribution is 2.36. The second-order valence-corrected chi connectivity index (χ2v) is 3.64. The Bertz CT molecular complexity index is 679. The number of aromatic hydroxyl groups is 1. The molecule has 0 atom stereocenters. The average molecular weight is 274 g/mol. The van der Waals surface area contributed by atoms with E-state index in [2.05, 4.69) is 4.98 Å². The highest BCUT2D eigenvalue weighted by molar-refractivity contribution is 5.61. The Kier molecular flexibility index (Phi) is 3.01. The number of alkyl halides is 3. The third kappa shape index (κ3) is 2.72. The molecule has 0 saturated carbocycles. The van der Waals surface area contributed by atoms with E-state index in [1.54, 1.807) is 0 Å². The normalized spacial score (nSPS) is 11.6. The summed E-state index contributed by atoms with van der Waals surface area (Å²) in [5.41, 5.74) is -2.66. The third-order valence-electron chi connectivity index (χ3n) is 2.27. The number of halogens is 4. The second-order valence-electron chi connectivity index (χ2n) is 3.64. The second kappa shape index (κ2) is 4.38. The van der Waals surface area contributed by atoms with Crippen LogP contribution in [-0.4, -0.2) is 15.1 Å². The minimum atomic E-state index is -4.74. The Morgan fingerprint density at radius 2 is 1.89 bits per heavy atom. The van der Waals surface area contributed by atoms with Crippen LogP contribution in [0.15, 0.2) is 29.1 Å². The van der Waals surface area contributed by atoms with Crippen LogP contribution >= 0.6 is 0 Å². The van der Waals surface area contributed by atoms with Crippen molar-refractivity contribution in [1.82, 2.24) is 9.97 Å². The van der Waals surface area contributed by atoms with Gasteiger partial charge in [-0.3, -0.25) is 4.79 Å². The number of nitrogens with zero attached hydrogens (tertiary/aromatic N) is 1. The van der Waals surface area contributed by atoms with E-state index in [4.69, 9.17) is 5.11 Å². The first-order valence-corrected chi connectivity index (χ1v) is 4.95. The standard InChI is InChI=1S/C11H6F4N2O2/c12-5-1-2-7(11(13,14)15)6(3-5)10-16-8(18)4-9(19)17-10/h1-4H,(H2,16,17,18,19). The maximum atomic E-state index is 13.1. The summed E-state index contributed by atoms with van der Waals surface area (Å²) in [5, 5.41) is 9.11. The molecule has 0 radical (unpaired) electrons. The van der Waals surface area contributed by atoms with Gasteiger partial charge < -0.3 is 10.1 Å². The molecule has 0 fully saturated rings. The van der Waals surface area contributed by atoms with Gasteiger partial charge in [-0.15, -0.1) is 0 Å². The first kappa shape index (κ1) is 13.1. The quantitative estimate of drug-likeness (QED) is 0.784. The largest absolute Gasteiger partial charge is 0.493 e. The number of hydrogen-bond acceptors (Lipinski definition) is 3. The van der Waals surface area contributed by atoms with Crippen LogP contribution in [0.2, 0.25) is 0 Å². The van der Waals surface area contributed by atoms with E-state index >= 15 is 0 Å². The van der Waals surface area contributed by atoms with Crippen molar-refractivity contribution in [2.24, 2.45) is 0 Å². The fourth-order valence-corrected chi connectivity index (χ4v) is 1.53. The van der Waals surface area contributed by atoms with Gasteiger partial charge in [-0.25, -0.2) is 4.39 Å². The SMILES string of the molecule is O=c1cc(O)nc(-c2cc(F)ccc2C(F)(F)F)[nH]1. The first-order chi connectivity index (χ1) is 8.77. The Morgan fingerprint density at radius 3 is 2.47 bits per heavy atom. The van der Waals surface area contributed by atoms with Gasteiger partial charge in [-0.2, -0.15) is 18.2 Å². The number of benzene rings is 1. The fraction of sp³-hybridized carbons (Fsp3) is 0.0909. The van der Waals surface area contributed by atoms with Gasteiger partial charge in [0.1, 0.15) is 11.6 Å². The van der Waals surface area contributed by atoms with Gasteiger partial charge in [0.25, 0.3) is 5.56 Å². The Hall–Kier alpha value is -2.38. The average Bonchev–Trinajstić information content (AvgIpc) is 2.25. The van der Waals surface area contributed by atoms with Crippen LogP contribution < -0.4 is 5.56 Å². The number of aromatic nitrogens is 2. The van der Waals surface area contributed by atoms with Gasteiger partial charge in [0.2, 0.25) is 5.88 Å². The van der Waals surface area contributed by atoms with E-state index in [0.29, 0.717) is 24.3 Å². The molecule has 19 heavy (non-hydrogen) atoms. The van der Waals surface area contributed by atoms with Crippen molar-refractivity contribution in [3.05, 3.63) is 46.0 Å². The van der Waals surface area contributed by atoms with Crippen molar-refractivity contribution >= 4 is 0 Å². The summed E-state index contributed by atoms with van der Waals surface area (Å²) >= 11 is 0. The zero-order valence-electron chi connectivity index (χ0n) is 9.12. The Morgan fingerprint density at radius 1 is 1.21 bits per heavy atom. The maximum absolute atomic E-state index is 13.1. The lowest BCUT2D eigenvalue weighted by Gasteiger charge is -2.12. The van der Waals surface area contributed by atoms with Crippen molar-refractivity contribution in [1.29, 1.82) is 0 Å². The lowest BCUT2D eigenvalue weighted by molar-refractivity contribution is -0.137. The summed E-state index contributed by atoms with van der Waals surface area (Å²) in [7, 11) is 0. The third-order valence-corrected chi connectivity index (χ3v) is 2.27. The Balaban J connectivity index is 2.73. The molecule has 0 aliphatic heterocycles. The van der Waals surface area contributed by atoms with Gasteiger partial charge in [0.15, 0.2) is 0 Å². The molecule has 0 aliphatic rings. The number of hydrogen-bond donors (Lipinski definition) is 2. The molecule has 0 aliphatic carbocycles. The van der Waals surface area contributed by atoms with Gasteiger partial charge in [-0.05, 0) is 18.2 Å². The van der Waals surface area contributed by atoms with Crippen molar-refractivity contribution in [3.8, 4) is 17.3 Å². The maximum Gasteiger partial charge on any atom is 0.417 e. The lowest BCUT2D eigenvalue weighted by atomic mass is 10.1. The first-order valence-electron chi connectivity index (χ1n) is 4.95. The molecule has 4 nitrogen and oxygen atoms in total. The van der Waals surface area contributed by atoms with Crippen molar-refractivity contribution in [2.75, 3.05) is 0 Å². The van der Waals surface area contributed by atoms with Gasteiger partial charge >= 0.3 is 6.18 Å². The molecule has 0 unspecified atom stereocenters. The number of aromatic amines is 1. The van der Waals surface area contributed by atoms with Crippen LogP contribution in [-0.2, 0) is 6.18 Å². The molecule has 2 aromatic rings. The minimum Gasteiger partial charge on any atom is -0.493 e. The Labute approximate surface area is 103 Å². The smallest absolute Gasteiger partial charge is 0.417 e. The van der Waals surface area contributed by atoms with Crippen LogP contribution in [0.4, 0.5) is 17.6 Å². The summed E-state index contributed by atoms with van der Waals surface area (Å²) in [5.74, 6) is -2.23. The molecular formula is C11H6F4N2O2. The summed E-state index contributed by atoms with van der Waals surface area (Å²) in [6, 6.07) is 2.46. The summed E-state index contributed by atoms with van der Waals surface area (Å²) in [6.07, 6.45) is -4.74. The molecule has 8 heteroatoms. The number of rotatable bonds is 1. The molecule has 1 heterocycles. The molecular weight excluding hydrogens is 268 g/mol. The van der Waals surface area contributed by atoms with Crippen molar-refractivity contribution in [2.45, 2.75) is 6.18 Å². The van der Waals surface area contributed by atoms with E-state index in [0.717, 1.165) is 0 Å².